The van der Waals surface area contributed by atoms with Gasteiger partial charge in [-0.2, -0.15) is 0 Å². The normalized spacial score (nSPS) is 17.4. The van der Waals surface area contributed by atoms with Gasteiger partial charge < -0.3 is 4.90 Å². The van der Waals surface area contributed by atoms with E-state index >= 15 is 0 Å². The molecule has 0 unspecified atom stereocenters. The molecule has 0 saturated carbocycles. The van der Waals surface area contributed by atoms with Crippen LogP contribution in [0.5, 0.6) is 0 Å². The molecule has 1 amide bonds. The number of non-ortho nitro benzene ring substituents is 1. The quantitative estimate of drug-likeness (QED) is 0.468. The van der Waals surface area contributed by atoms with Gasteiger partial charge in [0, 0.05) is 24.4 Å². The molecule has 1 heterocycles. The predicted octanol–water partition coefficient (Wildman–Crippen LogP) is 2.10. The summed E-state index contributed by atoms with van der Waals surface area (Å²) in [6.07, 6.45) is 2.57. The summed E-state index contributed by atoms with van der Waals surface area (Å²) in [5.41, 5.74) is 0.787. The van der Waals surface area contributed by atoms with Crippen molar-refractivity contribution in [2.45, 2.75) is 0 Å². The number of amides is 1. The number of hydrogen-bond donors (Lipinski definition) is 0. The number of rotatable bonds is 3. The highest BCUT2D eigenvalue weighted by Crippen LogP contribution is 2.28. The monoisotopic (exact) mass is 250 g/mol. The van der Waals surface area contributed by atoms with Crippen LogP contribution in [-0.4, -0.2) is 28.5 Å². The van der Waals surface area contributed by atoms with Crippen LogP contribution in [0.25, 0.3) is 6.08 Å². The largest absolute Gasteiger partial charge is 0.309 e. The minimum absolute atomic E-state index is 0.0556. The van der Waals surface area contributed by atoms with Gasteiger partial charge in [-0.1, -0.05) is 12.1 Å². The topological polar surface area (TPSA) is 63.5 Å². The molecule has 0 N–H and O–H groups in total. The zero-order valence-corrected chi connectivity index (χ0v) is 9.72. The molecule has 17 heavy (non-hydrogen) atoms. The summed E-state index contributed by atoms with van der Waals surface area (Å²) < 4.78 is 0. The number of nitro benzene ring substituents is 1. The van der Waals surface area contributed by atoms with Crippen molar-refractivity contribution in [2.24, 2.45) is 0 Å². The van der Waals surface area contributed by atoms with E-state index < -0.39 is 4.92 Å². The van der Waals surface area contributed by atoms with E-state index in [1.807, 2.05) is 0 Å². The van der Waals surface area contributed by atoms with Gasteiger partial charge in [-0.05, 0) is 11.6 Å². The van der Waals surface area contributed by atoms with Crippen molar-refractivity contribution >= 4 is 29.9 Å². The van der Waals surface area contributed by atoms with E-state index in [1.165, 1.54) is 12.1 Å². The lowest BCUT2D eigenvalue weighted by atomic mass is 10.2. The van der Waals surface area contributed by atoms with Gasteiger partial charge in [-0.25, -0.2) is 0 Å². The molecule has 1 aliphatic heterocycles. The standard InChI is InChI=1S/C11H10N2O3S/c14-8-12-4-5-17-11(12)7-9-2-1-3-10(6-9)13(15)16/h1-3,6-8H,4-5H2/b11-7+. The van der Waals surface area contributed by atoms with E-state index in [0.29, 0.717) is 6.54 Å². The summed E-state index contributed by atoms with van der Waals surface area (Å²) in [4.78, 5) is 22.5. The molecule has 1 aromatic rings. The number of hydrogen-bond acceptors (Lipinski definition) is 4. The van der Waals surface area contributed by atoms with E-state index in [0.717, 1.165) is 22.8 Å². The highest BCUT2D eigenvalue weighted by molar-refractivity contribution is 8.03. The molecule has 1 fully saturated rings. The lowest BCUT2D eigenvalue weighted by Crippen LogP contribution is -2.14. The lowest BCUT2D eigenvalue weighted by molar-refractivity contribution is -0.384. The highest BCUT2D eigenvalue weighted by Gasteiger charge is 2.16. The third kappa shape index (κ3) is 2.65. The Kier molecular flexibility index (Phi) is 3.43. The number of carbonyl (C=O) groups is 1. The van der Waals surface area contributed by atoms with Gasteiger partial charge in [0.25, 0.3) is 5.69 Å². The Morgan fingerprint density at radius 2 is 2.29 bits per heavy atom. The summed E-state index contributed by atoms with van der Waals surface area (Å²) in [5, 5.41) is 11.5. The fraction of sp³-hybridized carbons (Fsp3) is 0.182. The van der Waals surface area contributed by atoms with Crippen LogP contribution in [0.2, 0.25) is 0 Å². The summed E-state index contributed by atoms with van der Waals surface area (Å²) in [6, 6.07) is 6.35. The minimum Gasteiger partial charge on any atom is -0.309 e. The molecule has 0 atom stereocenters. The van der Waals surface area contributed by atoms with Crippen LogP contribution >= 0.6 is 11.8 Å². The number of carbonyl (C=O) groups excluding carboxylic acids is 1. The van der Waals surface area contributed by atoms with E-state index in [2.05, 4.69) is 0 Å². The maximum absolute atomic E-state index is 10.7. The SMILES string of the molecule is O=CN1CCS/C1=C/c1cccc([N+](=O)[O-])c1. The van der Waals surface area contributed by atoms with Crippen molar-refractivity contribution in [3.63, 3.8) is 0 Å². The van der Waals surface area contributed by atoms with Gasteiger partial charge in [-0.3, -0.25) is 14.9 Å². The Morgan fingerprint density at radius 3 is 3.00 bits per heavy atom. The first kappa shape index (κ1) is 11.7. The molecule has 5 nitrogen and oxygen atoms in total. The molecule has 88 valence electrons. The van der Waals surface area contributed by atoms with Crippen molar-refractivity contribution < 1.29 is 9.72 Å². The van der Waals surface area contributed by atoms with Gasteiger partial charge in [0.05, 0.1) is 9.95 Å². The fourth-order valence-electron chi connectivity index (χ4n) is 1.54. The molecule has 6 heteroatoms. The first-order valence-electron chi connectivity index (χ1n) is 5.01. The fourth-order valence-corrected chi connectivity index (χ4v) is 2.56. The third-order valence-electron chi connectivity index (χ3n) is 2.36. The van der Waals surface area contributed by atoms with Crippen LogP contribution in [0, 0.1) is 10.1 Å². The average molecular weight is 250 g/mol. The molecule has 1 aliphatic rings. The van der Waals surface area contributed by atoms with Gasteiger partial charge in [-0.15, -0.1) is 11.8 Å². The van der Waals surface area contributed by atoms with E-state index in [9.17, 15) is 14.9 Å². The number of nitrogens with zero attached hydrogens (tertiary/aromatic N) is 2. The molecule has 0 aromatic heterocycles. The Labute approximate surface area is 102 Å². The molecular formula is C11H10N2O3S. The van der Waals surface area contributed by atoms with Crippen molar-refractivity contribution in [1.82, 2.24) is 4.90 Å². The first-order chi connectivity index (χ1) is 8.20. The molecule has 0 spiro atoms. The van der Waals surface area contributed by atoms with E-state index in [-0.39, 0.29) is 5.69 Å². The number of nitro groups is 1. The van der Waals surface area contributed by atoms with E-state index in [4.69, 9.17) is 0 Å². The lowest BCUT2D eigenvalue weighted by Gasteiger charge is -2.08. The smallest absolute Gasteiger partial charge is 0.270 e. The predicted molar refractivity (Wildman–Crippen MR) is 66.3 cm³/mol. The van der Waals surface area contributed by atoms with Crippen LogP contribution in [0.4, 0.5) is 5.69 Å². The molecule has 1 saturated heterocycles. The highest BCUT2D eigenvalue weighted by atomic mass is 32.2. The van der Waals surface area contributed by atoms with Gasteiger partial charge >= 0.3 is 0 Å². The molecule has 2 rings (SSSR count). The Bertz CT molecular complexity index is 487. The third-order valence-corrected chi connectivity index (χ3v) is 3.40. The van der Waals surface area contributed by atoms with E-state index in [1.54, 1.807) is 34.9 Å². The second kappa shape index (κ2) is 5.01. The summed E-state index contributed by atoms with van der Waals surface area (Å²) in [6.45, 7) is 0.689. The maximum Gasteiger partial charge on any atom is 0.270 e. The second-order valence-corrected chi connectivity index (χ2v) is 4.60. The van der Waals surface area contributed by atoms with Crippen LogP contribution in [-0.2, 0) is 4.79 Å². The molecule has 0 bridgehead atoms. The zero-order chi connectivity index (χ0) is 12.3. The van der Waals surface area contributed by atoms with Crippen LogP contribution in [0.15, 0.2) is 29.3 Å². The molecule has 0 aliphatic carbocycles. The molecule has 0 radical (unpaired) electrons. The van der Waals surface area contributed by atoms with Gasteiger partial charge in [0.15, 0.2) is 0 Å². The second-order valence-electron chi connectivity index (χ2n) is 3.48. The Morgan fingerprint density at radius 1 is 1.47 bits per heavy atom. The minimum atomic E-state index is -0.429. The summed E-state index contributed by atoms with van der Waals surface area (Å²) in [5.74, 6) is 0.861. The Hall–Kier alpha value is -1.82. The number of benzene rings is 1. The van der Waals surface area contributed by atoms with Crippen molar-refractivity contribution in [3.8, 4) is 0 Å². The van der Waals surface area contributed by atoms with Crippen LogP contribution in [0.3, 0.4) is 0 Å². The number of thioether (sulfide) groups is 1. The van der Waals surface area contributed by atoms with Gasteiger partial charge in [0.1, 0.15) is 0 Å². The molecular weight excluding hydrogens is 240 g/mol. The van der Waals surface area contributed by atoms with Crippen LogP contribution < -0.4 is 0 Å². The van der Waals surface area contributed by atoms with Crippen molar-refractivity contribution in [2.75, 3.05) is 12.3 Å². The average Bonchev–Trinajstić information content (AvgIpc) is 2.76. The van der Waals surface area contributed by atoms with Crippen LogP contribution in [0.1, 0.15) is 5.56 Å². The summed E-state index contributed by atoms with van der Waals surface area (Å²) >= 11 is 1.57. The first-order valence-corrected chi connectivity index (χ1v) is 6.00. The van der Waals surface area contributed by atoms with Crippen molar-refractivity contribution in [3.05, 3.63) is 45.0 Å². The van der Waals surface area contributed by atoms with Crippen molar-refractivity contribution in [1.29, 1.82) is 0 Å². The Balaban J connectivity index is 2.28. The summed E-state index contributed by atoms with van der Waals surface area (Å²) in [7, 11) is 0. The van der Waals surface area contributed by atoms with Gasteiger partial charge in [0.2, 0.25) is 6.41 Å². The molecule has 1 aromatic carbocycles. The zero-order valence-electron chi connectivity index (χ0n) is 8.91. The maximum atomic E-state index is 10.7.